The standard InChI is InChI=1S/C15H24N4O3/c1-5-22-9-13(20)19-7-6-18-8-12(15(21)16-10(2)3)17-14(18)11(19)4/h8,10-11H,5-7,9H2,1-4H3,(H,16,21). The Labute approximate surface area is 130 Å². The number of nitrogens with one attached hydrogen (secondary N) is 1. The van der Waals surface area contributed by atoms with Crippen LogP contribution in [0.2, 0.25) is 0 Å². The van der Waals surface area contributed by atoms with Crippen molar-refractivity contribution in [1.82, 2.24) is 19.8 Å². The maximum absolute atomic E-state index is 12.1. The number of hydrogen-bond donors (Lipinski definition) is 1. The van der Waals surface area contributed by atoms with E-state index < -0.39 is 0 Å². The van der Waals surface area contributed by atoms with E-state index in [0.29, 0.717) is 25.4 Å². The fraction of sp³-hybridized carbons (Fsp3) is 0.667. The zero-order valence-electron chi connectivity index (χ0n) is 13.6. The fourth-order valence-corrected chi connectivity index (χ4v) is 2.55. The molecule has 122 valence electrons. The molecule has 7 nitrogen and oxygen atoms in total. The van der Waals surface area contributed by atoms with Gasteiger partial charge in [-0.25, -0.2) is 4.98 Å². The van der Waals surface area contributed by atoms with Crippen molar-refractivity contribution in [2.24, 2.45) is 0 Å². The highest BCUT2D eigenvalue weighted by Crippen LogP contribution is 2.24. The second kappa shape index (κ2) is 6.91. The number of rotatable bonds is 5. The lowest BCUT2D eigenvalue weighted by Crippen LogP contribution is -2.42. The highest BCUT2D eigenvalue weighted by Gasteiger charge is 2.30. The zero-order valence-corrected chi connectivity index (χ0v) is 13.6. The second-order valence-electron chi connectivity index (χ2n) is 5.71. The van der Waals surface area contributed by atoms with Crippen molar-refractivity contribution in [2.45, 2.75) is 46.3 Å². The summed E-state index contributed by atoms with van der Waals surface area (Å²) in [5.41, 5.74) is 0.398. The van der Waals surface area contributed by atoms with Gasteiger partial charge in [-0.1, -0.05) is 0 Å². The summed E-state index contributed by atoms with van der Waals surface area (Å²) in [5, 5.41) is 2.83. The molecule has 22 heavy (non-hydrogen) atoms. The Kier molecular flexibility index (Phi) is 5.18. The number of amides is 2. The first kappa shape index (κ1) is 16.5. The molecule has 0 spiro atoms. The minimum Gasteiger partial charge on any atom is -0.372 e. The predicted octanol–water partition coefficient (Wildman–Crippen LogP) is 0.961. The van der Waals surface area contributed by atoms with Crippen LogP contribution < -0.4 is 5.32 Å². The van der Waals surface area contributed by atoms with Crippen molar-refractivity contribution in [1.29, 1.82) is 0 Å². The summed E-state index contributed by atoms with van der Waals surface area (Å²) in [4.78, 5) is 30.4. The molecule has 7 heteroatoms. The molecule has 1 aromatic rings. The van der Waals surface area contributed by atoms with Gasteiger partial charge in [-0.05, 0) is 27.7 Å². The second-order valence-corrected chi connectivity index (χ2v) is 5.71. The van der Waals surface area contributed by atoms with Crippen LogP contribution in [-0.2, 0) is 16.1 Å². The van der Waals surface area contributed by atoms with Gasteiger partial charge in [-0.3, -0.25) is 9.59 Å². The highest BCUT2D eigenvalue weighted by molar-refractivity contribution is 5.92. The highest BCUT2D eigenvalue weighted by atomic mass is 16.5. The van der Waals surface area contributed by atoms with Crippen LogP contribution in [0.1, 0.15) is 50.0 Å². The van der Waals surface area contributed by atoms with Gasteiger partial charge < -0.3 is 19.5 Å². The molecule has 0 saturated heterocycles. The van der Waals surface area contributed by atoms with Crippen molar-refractivity contribution in [2.75, 3.05) is 19.8 Å². The van der Waals surface area contributed by atoms with E-state index in [1.807, 2.05) is 32.3 Å². The first-order valence-corrected chi connectivity index (χ1v) is 7.69. The van der Waals surface area contributed by atoms with E-state index in [1.54, 1.807) is 11.1 Å². The molecular formula is C15H24N4O3. The zero-order chi connectivity index (χ0) is 16.3. The van der Waals surface area contributed by atoms with Crippen LogP contribution in [0.4, 0.5) is 0 Å². The summed E-state index contributed by atoms with van der Waals surface area (Å²) < 4.78 is 7.14. The summed E-state index contributed by atoms with van der Waals surface area (Å²) >= 11 is 0. The normalized spacial score (nSPS) is 17.5. The summed E-state index contributed by atoms with van der Waals surface area (Å²) in [6, 6.07) is -0.102. The summed E-state index contributed by atoms with van der Waals surface area (Å²) in [7, 11) is 0. The number of aromatic nitrogens is 2. The number of imidazole rings is 1. The van der Waals surface area contributed by atoms with Crippen LogP contribution in [0.25, 0.3) is 0 Å². The van der Waals surface area contributed by atoms with Gasteiger partial charge in [0.2, 0.25) is 5.91 Å². The molecule has 1 N–H and O–H groups in total. The third kappa shape index (κ3) is 3.47. The molecule has 0 radical (unpaired) electrons. The molecule has 0 fully saturated rings. The van der Waals surface area contributed by atoms with E-state index in [2.05, 4.69) is 10.3 Å². The SMILES string of the molecule is CCOCC(=O)N1CCn2cc(C(=O)NC(C)C)nc2C1C. The van der Waals surface area contributed by atoms with E-state index in [9.17, 15) is 9.59 Å². The van der Waals surface area contributed by atoms with Crippen LogP contribution >= 0.6 is 0 Å². The number of fused-ring (bicyclic) bond motifs is 1. The molecule has 1 aromatic heterocycles. The molecule has 1 atom stereocenters. The summed E-state index contributed by atoms with van der Waals surface area (Å²) in [5.74, 6) is 0.512. The van der Waals surface area contributed by atoms with Crippen molar-refractivity contribution >= 4 is 11.8 Å². The van der Waals surface area contributed by atoms with Crippen molar-refractivity contribution < 1.29 is 14.3 Å². The molecule has 2 heterocycles. The van der Waals surface area contributed by atoms with E-state index in [0.717, 1.165) is 5.82 Å². The third-order valence-electron chi connectivity index (χ3n) is 3.63. The quantitative estimate of drug-likeness (QED) is 0.879. The number of carbonyl (C=O) groups excluding carboxylic acids is 2. The molecule has 1 aliphatic heterocycles. The van der Waals surface area contributed by atoms with Gasteiger partial charge in [0, 0.05) is 31.9 Å². The first-order valence-electron chi connectivity index (χ1n) is 7.69. The van der Waals surface area contributed by atoms with Crippen molar-refractivity contribution in [3.05, 3.63) is 17.7 Å². The van der Waals surface area contributed by atoms with Crippen LogP contribution in [0.15, 0.2) is 6.20 Å². The Hall–Kier alpha value is -1.89. The maximum Gasteiger partial charge on any atom is 0.271 e. The summed E-state index contributed by atoms with van der Waals surface area (Å²) in [6.07, 6.45) is 1.76. The van der Waals surface area contributed by atoms with Gasteiger partial charge in [0.25, 0.3) is 5.91 Å². The number of nitrogens with zero attached hydrogens (tertiary/aromatic N) is 3. The Balaban J connectivity index is 2.13. The predicted molar refractivity (Wildman–Crippen MR) is 81.5 cm³/mol. The average Bonchev–Trinajstić information content (AvgIpc) is 2.89. The lowest BCUT2D eigenvalue weighted by molar-refractivity contribution is -0.139. The van der Waals surface area contributed by atoms with Crippen LogP contribution in [0.3, 0.4) is 0 Å². The number of hydrogen-bond acceptors (Lipinski definition) is 4. The Morgan fingerprint density at radius 3 is 2.82 bits per heavy atom. The third-order valence-corrected chi connectivity index (χ3v) is 3.63. The van der Waals surface area contributed by atoms with Crippen LogP contribution in [0, 0.1) is 0 Å². The molecular weight excluding hydrogens is 284 g/mol. The Morgan fingerprint density at radius 1 is 1.45 bits per heavy atom. The lowest BCUT2D eigenvalue weighted by atomic mass is 10.2. The van der Waals surface area contributed by atoms with Crippen LogP contribution in [0.5, 0.6) is 0 Å². The molecule has 0 bridgehead atoms. The first-order chi connectivity index (χ1) is 10.4. The van der Waals surface area contributed by atoms with E-state index >= 15 is 0 Å². The summed E-state index contributed by atoms with van der Waals surface area (Å²) in [6.45, 7) is 9.44. The van der Waals surface area contributed by atoms with Crippen molar-refractivity contribution in [3.63, 3.8) is 0 Å². The fourth-order valence-electron chi connectivity index (χ4n) is 2.55. The van der Waals surface area contributed by atoms with Gasteiger partial charge in [0.15, 0.2) is 0 Å². The van der Waals surface area contributed by atoms with E-state index in [4.69, 9.17) is 4.74 Å². The molecule has 2 rings (SSSR count). The van der Waals surface area contributed by atoms with Gasteiger partial charge in [0.1, 0.15) is 18.1 Å². The molecule has 1 aliphatic rings. The maximum atomic E-state index is 12.1. The minimum absolute atomic E-state index is 0.0446. The average molecular weight is 308 g/mol. The van der Waals surface area contributed by atoms with Gasteiger partial charge in [-0.2, -0.15) is 0 Å². The van der Waals surface area contributed by atoms with E-state index in [1.165, 1.54) is 0 Å². The minimum atomic E-state index is -0.184. The van der Waals surface area contributed by atoms with Crippen LogP contribution in [-0.4, -0.2) is 52.1 Å². The van der Waals surface area contributed by atoms with Gasteiger partial charge >= 0.3 is 0 Å². The molecule has 2 amide bonds. The number of carbonyl (C=O) groups is 2. The molecule has 0 aromatic carbocycles. The monoisotopic (exact) mass is 308 g/mol. The topological polar surface area (TPSA) is 76.5 Å². The van der Waals surface area contributed by atoms with Gasteiger partial charge in [-0.15, -0.1) is 0 Å². The smallest absolute Gasteiger partial charge is 0.271 e. The molecule has 0 saturated carbocycles. The lowest BCUT2D eigenvalue weighted by Gasteiger charge is -2.33. The Bertz CT molecular complexity index is 553. The largest absolute Gasteiger partial charge is 0.372 e. The molecule has 0 aliphatic carbocycles. The number of ether oxygens (including phenoxy) is 1. The van der Waals surface area contributed by atoms with E-state index in [-0.39, 0.29) is 30.5 Å². The Morgan fingerprint density at radius 2 is 2.18 bits per heavy atom. The van der Waals surface area contributed by atoms with Gasteiger partial charge in [0.05, 0.1) is 6.04 Å². The van der Waals surface area contributed by atoms with Crippen molar-refractivity contribution in [3.8, 4) is 0 Å². The molecule has 1 unspecified atom stereocenters.